The molecule has 0 atom stereocenters. The molecule has 3 rings (SSSR count). The van der Waals surface area contributed by atoms with Gasteiger partial charge >= 0.3 is 0 Å². The number of carbonyl (C=O) groups excluding carboxylic acids is 1. The molecule has 3 aromatic rings. The Hall–Kier alpha value is -2.73. The van der Waals surface area contributed by atoms with Gasteiger partial charge < -0.3 is 10.6 Å². The highest BCUT2D eigenvalue weighted by Gasteiger charge is 2.11. The van der Waals surface area contributed by atoms with E-state index in [2.05, 4.69) is 36.5 Å². The monoisotopic (exact) mass is 396 g/mol. The van der Waals surface area contributed by atoms with Crippen LogP contribution < -0.4 is 10.6 Å². The highest BCUT2D eigenvalue weighted by molar-refractivity contribution is 9.10. The van der Waals surface area contributed by atoms with E-state index in [9.17, 15) is 4.79 Å². The lowest BCUT2D eigenvalue weighted by atomic mass is 10.2. The van der Waals surface area contributed by atoms with Crippen LogP contribution >= 0.6 is 15.9 Å². The summed E-state index contributed by atoms with van der Waals surface area (Å²) in [4.78, 5) is 21.1. The van der Waals surface area contributed by atoms with Crippen LogP contribution in [0.5, 0.6) is 0 Å². The van der Waals surface area contributed by atoms with Crippen molar-refractivity contribution in [3.63, 3.8) is 0 Å². The van der Waals surface area contributed by atoms with E-state index in [1.807, 2.05) is 61.5 Å². The van der Waals surface area contributed by atoms with E-state index in [-0.39, 0.29) is 5.91 Å². The van der Waals surface area contributed by atoms with E-state index >= 15 is 0 Å². The summed E-state index contributed by atoms with van der Waals surface area (Å²) in [5.74, 6) is 0.154. The highest BCUT2D eigenvalue weighted by Crippen LogP contribution is 2.23. The number of nitrogens with one attached hydrogen (secondary N) is 2. The number of para-hydroxylation sites is 1. The van der Waals surface area contributed by atoms with Crippen molar-refractivity contribution in [3.8, 4) is 0 Å². The molecule has 0 unspecified atom stereocenters. The lowest BCUT2D eigenvalue weighted by Gasteiger charge is -2.10. The van der Waals surface area contributed by atoms with Gasteiger partial charge in [-0.2, -0.15) is 0 Å². The maximum Gasteiger partial charge on any atom is 0.270 e. The van der Waals surface area contributed by atoms with Crippen LogP contribution in [0.2, 0.25) is 0 Å². The summed E-state index contributed by atoms with van der Waals surface area (Å²) in [6, 6.07) is 19.1. The standard InChI is InChI=1S/C19H17BrN4O/c1-13-11-17(18(25)21-12-14-7-3-2-4-8-14)24-19(22-13)23-16-10-6-5-9-15(16)20/h2-11H,12H2,1H3,(H,21,25)(H,22,23,24). The fourth-order valence-corrected chi connectivity index (χ4v) is 2.68. The van der Waals surface area contributed by atoms with Gasteiger partial charge in [0.1, 0.15) is 5.69 Å². The predicted octanol–water partition coefficient (Wildman–Crippen LogP) is 4.22. The van der Waals surface area contributed by atoms with Crippen LogP contribution in [0.1, 0.15) is 21.7 Å². The van der Waals surface area contributed by atoms with E-state index in [4.69, 9.17) is 0 Å². The number of aromatic nitrogens is 2. The molecule has 0 fully saturated rings. The quantitative estimate of drug-likeness (QED) is 0.677. The minimum Gasteiger partial charge on any atom is -0.347 e. The third-order valence-corrected chi connectivity index (χ3v) is 4.19. The molecule has 1 amide bonds. The van der Waals surface area contributed by atoms with Crippen molar-refractivity contribution in [2.45, 2.75) is 13.5 Å². The number of anilines is 2. The topological polar surface area (TPSA) is 66.9 Å². The number of amides is 1. The zero-order chi connectivity index (χ0) is 17.6. The molecule has 0 aliphatic rings. The van der Waals surface area contributed by atoms with Crippen LogP contribution in [-0.2, 0) is 6.54 Å². The summed E-state index contributed by atoms with van der Waals surface area (Å²) in [7, 11) is 0. The Kier molecular flexibility index (Phi) is 5.40. The second-order valence-corrected chi connectivity index (χ2v) is 6.35. The summed E-state index contributed by atoms with van der Waals surface area (Å²) in [6.07, 6.45) is 0. The second kappa shape index (κ2) is 7.90. The Labute approximate surface area is 154 Å². The van der Waals surface area contributed by atoms with E-state index < -0.39 is 0 Å². The molecule has 5 nitrogen and oxygen atoms in total. The third kappa shape index (κ3) is 4.64. The molecule has 0 saturated heterocycles. The Morgan fingerprint density at radius 1 is 1.04 bits per heavy atom. The molecular weight excluding hydrogens is 380 g/mol. The molecule has 25 heavy (non-hydrogen) atoms. The molecule has 0 radical (unpaired) electrons. The number of hydrogen-bond donors (Lipinski definition) is 2. The Bertz CT molecular complexity index is 884. The fourth-order valence-electron chi connectivity index (χ4n) is 2.29. The van der Waals surface area contributed by atoms with Gasteiger partial charge in [0, 0.05) is 16.7 Å². The Balaban J connectivity index is 1.74. The van der Waals surface area contributed by atoms with Crippen molar-refractivity contribution in [2.24, 2.45) is 0 Å². The highest BCUT2D eigenvalue weighted by atomic mass is 79.9. The lowest BCUT2D eigenvalue weighted by molar-refractivity contribution is 0.0945. The largest absolute Gasteiger partial charge is 0.347 e. The van der Waals surface area contributed by atoms with E-state index in [1.54, 1.807) is 6.07 Å². The SMILES string of the molecule is Cc1cc(C(=O)NCc2ccccc2)nc(Nc2ccccc2Br)n1. The first-order chi connectivity index (χ1) is 12.1. The number of rotatable bonds is 5. The molecule has 126 valence electrons. The van der Waals surface area contributed by atoms with Crippen LogP contribution in [-0.4, -0.2) is 15.9 Å². The minimum atomic E-state index is -0.232. The van der Waals surface area contributed by atoms with Crippen LogP contribution in [0.3, 0.4) is 0 Å². The molecule has 0 aliphatic carbocycles. The molecule has 2 aromatic carbocycles. The van der Waals surface area contributed by atoms with Crippen LogP contribution in [0.15, 0.2) is 65.1 Å². The van der Waals surface area contributed by atoms with Crippen molar-refractivity contribution >= 4 is 33.5 Å². The van der Waals surface area contributed by atoms with Crippen molar-refractivity contribution in [1.29, 1.82) is 0 Å². The average Bonchev–Trinajstić information content (AvgIpc) is 2.62. The molecule has 0 aliphatic heterocycles. The minimum absolute atomic E-state index is 0.232. The normalized spacial score (nSPS) is 10.3. The average molecular weight is 397 g/mol. The first kappa shape index (κ1) is 17.1. The number of halogens is 1. The van der Waals surface area contributed by atoms with Crippen molar-refractivity contribution in [2.75, 3.05) is 5.32 Å². The summed E-state index contributed by atoms with van der Waals surface area (Å²) in [5.41, 5.74) is 2.92. The zero-order valence-electron chi connectivity index (χ0n) is 13.7. The van der Waals surface area contributed by atoms with Gasteiger partial charge in [0.2, 0.25) is 5.95 Å². The maximum absolute atomic E-state index is 12.4. The molecule has 1 aromatic heterocycles. The number of benzene rings is 2. The van der Waals surface area contributed by atoms with Crippen LogP contribution in [0.4, 0.5) is 11.6 Å². The van der Waals surface area contributed by atoms with Gasteiger partial charge in [0.25, 0.3) is 5.91 Å². The zero-order valence-corrected chi connectivity index (χ0v) is 15.2. The van der Waals surface area contributed by atoms with Gasteiger partial charge in [-0.15, -0.1) is 0 Å². The summed E-state index contributed by atoms with van der Waals surface area (Å²) >= 11 is 3.47. The number of nitrogens with zero attached hydrogens (tertiary/aromatic N) is 2. The fraction of sp³-hybridized carbons (Fsp3) is 0.105. The van der Waals surface area contributed by atoms with Gasteiger partial charge in [-0.25, -0.2) is 9.97 Å². The number of hydrogen-bond acceptors (Lipinski definition) is 4. The van der Waals surface area contributed by atoms with E-state index in [1.165, 1.54) is 0 Å². The molecular formula is C19H17BrN4O. The van der Waals surface area contributed by atoms with Gasteiger partial charge in [0.05, 0.1) is 5.69 Å². The Morgan fingerprint density at radius 3 is 2.52 bits per heavy atom. The molecule has 6 heteroatoms. The van der Waals surface area contributed by atoms with Crippen LogP contribution in [0.25, 0.3) is 0 Å². The molecule has 0 spiro atoms. The summed E-state index contributed by atoms with van der Waals surface area (Å²) in [6.45, 7) is 2.29. The molecule has 1 heterocycles. The maximum atomic E-state index is 12.4. The van der Waals surface area contributed by atoms with E-state index in [0.29, 0.717) is 18.2 Å². The van der Waals surface area contributed by atoms with Crippen molar-refractivity contribution in [3.05, 3.63) is 82.1 Å². The van der Waals surface area contributed by atoms with Gasteiger partial charge in [-0.1, -0.05) is 42.5 Å². The number of aryl methyl sites for hydroxylation is 1. The molecule has 0 saturated carbocycles. The first-order valence-corrected chi connectivity index (χ1v) is 8.60. The lowest BCUT2D eigenvalue weighted by Crippen LogP contribution is -2.24. The smallest absolute Gasteiger partial charge is 0.270 e. The van der Waals surface area contributed by atoms with Crippen LogP contribution in [0, 0.1) is 6.92 Å². The van der Waals surface area contributed by atoms with Gasteiger partial charge in [0.15, 0.2) is 0 Å². The van der Waals surface area contributed by atoms with Gasteiger partial charge in [-0.3, -0.25) is 4.79 Å². The predicted molar refractivity (Wildman–Crippen MR) is 102 cm³/mol. The Morgan fingerprint density at radius 2 is 1.76 bits per heavy atom. The number of carbonyl (C=O) groups is 1. The molecule has 0 bridgehead atoms. The summed E-state index contributed by atoms with van der Waals surface area (Å²) < 4.78 is 0.898. The van der Waals surface area contributed by atoms with E-state index in [0.717, 1.165) is 21.4 Å². The van der Waals surface area contributed by atoms with Crippen molar-refractivity contribution < 1.29 is 4.79 Å². The molecule has 2 N–H and O–H groups in total. The third-order valence-electron chi connectivity index (χ3n) is 3.50. The summed E-state index contributed by atoms with van der Waals surface area (Å²) in [5, 5.41) is 6.01. The van der Waals surface area contributed by atoms with Gasteiger partial charge in [-0.05, 0) is 46.6 Å². The second-order valence-electron chi connectivity index (χ2n) is 5.49. The van der Waals surface area contributed by atoms with Crippen molar-refractivity contribution in [1.82, 2.24) is 15.3 Å². The first-order valence-electron chi connectivity index (χ1n) is 7.81.